The molecule has 1 saturated heterocycles. The highest BCUT2D eigenvalue weighted by Gasteiger charge is 2.29. The number of benzene rings is 1. The Bertz CT molecular complexity index is 675. The van der Waals surface area contributed by atoms with Gasteiger partial charge in [0, 0.05) is 29.5 Å². The SMILES string of the molecule is CC(C)(C)OC(=O)N1CCC(Nc2ccc3sccc3c2)C1. The van der Waals surface area contributed by atoms with Crippen molar-refractivity contribution in [2.24, 2.45) is 0 Å². The summed E-state index contributed by atoms with van der Waals surface area (Å²) >= 11 is 1.75. The molecule has 0 aliphatic carbocycles. The molecule has 1 fully saturated rings. The van der Waals surface area contributed by atoms with Crippen molar-refractivity contribution in [2.75, 3.05) is 18.4 Å². The molecule has 4 nitrogen and oxygen atoms in total. The molecule has 0 radical (unpaired) electrons. The molecule has 1 aliphatic rings. The Labute approximate surface area is 135 Å². The predicted octanol–water partition coefficient (Wildman–Crippen LogP) is 4.32. The molecule has 3 rings (SSSR count). The van der Waals surface area contributed by atoms with Crippen molar-refractivity contribution in [1.29, 1.82) is 0 Å². The van der Waals surface area contributed by atoms with Gasteiger partial charge in [0.05, 0.1) is 0 Å². The van der Waals surface area contributed by atoms with Crippen LogP contribution in [0.2, 0.25) is 0 Å². The Morgan fingerprint density at radius 3 is 2.95 bits per heavy atom. The fourth-order valence-electron chi connectivity index (χ4n) is 2.66. The number of nitrogens with one attached hydrogen (secondary N) is 1. The third-order valence-corrected chi connectivity index (χ3v) is 4.56. The summed E-state index contributed by atoms with van der Waals surface area (Å²) in [6.07, 6.45) is 0.728. The zero-order chi connectivity index (χ0) is 15.7. The number of rotatable bonds is 2. The highest BCUT2D eigenvalue weighted by atomic mass is 32.1. The Balaban J connectivity index is 1.59. The summed E-state index contributed by atoms with van der Waals surface area (Å²) < 4.78 is 6.73. The van der Waals surface area contributed by atoms with Crippen LogP contribution in [-0.2, 0) is 4.74 Å². The van der Waals surface area contributed by atoms with Gasteiger partial charge in [0.1, 0.15) is 5.60 Å². The number of carbonyl (C=O) groups is 1. The molecule has 1 aromatic carbocycles. The number of ether oxygens (including phenoxy) is 1. The lowest BCUT2D eigenvalue weighted by atomic mass is 10.2. The highest BCUT2D eigenvalue weighted by molar-refractivity contribution is 7.17. The average Bonchev–Trinajstić information content (AvgIpc) is 3.04. The molecule has 0 saturated carbocycles. The molecular weight excluding hydrogens is 296 g/mol. The topological polar surface area (TPSA) is 41.6 Å². The van der Waals surface area contributed by atoms with E-state index in [4.69, 9.17) is 4.74 Å². The van der Waals surface area contributed by atoms with Gasteiger partial charge in [-0.15, -0.1) is 11.3 Å². The number of carbonyl (C=O) groups excluding carboxylic acids is 1. The fourth-order valence-corrected chi connectivity index (χ4v) is 3.43. The first-order chi connectivity index (χ1) is 10.4. The number of anilines is 1. The maximum Gasteiger partial charge on any atom is 0.410 e. The number of fused-ring (bicyclic) bond motifs is 1. The first-order valence-electron chi connectivity index (χ1n) is 7.62. The molecule has 2 aromatic rings. The summed E-state index contributed by atoms with van der Waals surface area (Å²) in [5.74, 6) is 0. The minimum atomic E-state index is -0.438. The summed E-state index contributed by atoms with van der Waals surface area (Å²) in [5, 5.41) is 6.89. The number of likely N-dealkylation sites (tertiary alicyclic amines) is 1. The van der Waals surface area contributed by atoms with Crippen LogP contribution in [0.25, 0.3) is 10.1 Å². The van der Waals surface area contributed by atoms with Crippen LogP contribution in [0.1, 0.15) is 27.2 Å². The molecule has 118 valence electrons. The zero-order valence-corrected chi connectivity index (χ0v) is 14.1. The molecule has 1 amide bonds. The van der Waals surface area contributed by atoms with Crippen LogP contribution in [0, 0.1) is 0 Å². The normalized spacial score (nSPS) is 18.7. The van der Waals surface area contributed by atoms with Crippen LogP contribution < -0.4 is 5.32 Å². The van der Waals surface area contributed by atoms with E-state index < -0.39 is 5.60 Å². The van der Waals surface area contributed by atoms with Crippen LogP contribution in [0.4, 0.5) is 10.5 Å². The average molecular weight is 318 g/mol. The highest BCUT2D eigenvalue weighted by Crippen LogP contribution is 2.25. The Hall–Kier alpha value is -1.75. The van der Waals surface area contributed by atoms with Gasteiger partial charge in [-0.25, -0.2) is 4.79 Å². The van der Waals surface area contributed by atoms with E-state index in [-0.39, 0.29) is 12.1 Å². The number of thiophene rings is 1. The van der Waals surface area contributed by atoms with Crippen molar-refractivity contribution >= 4 is 33.2 Å². The van der Waals surface area contributed by atoms with E-state index in [9.17, 15) is 4.79 Å². The zero-order valence-electron chi connectivity index (χ0n) is 13.3. The minimum Gasteiger partial charge on any atom is -0.444 e. The van der Waals surface area contributed by atoms with Crippen molar-refractivity contribution < 1.29 is 9.53 Å². The number of hydrogen-bond acceptors (Lipinski definition) is 4. The Morgan fingerprint density at radius 1 is 1.36 bits per heavy atom. The van der Waals surface area contributed by atoms with E-state index in [1.165, 1.54) is 10.1 Å². The van der Waals surface area contributed by atoms with Gasteiger partial charge in [-0.3, -0.25) is 0 Å². The molecule has 1 aliphatic heterocycles. The van der Waals surface area contributed by atoms with Crippen LogP contribution >= 0.6 is 11.3 Å². The third kappa shape index (κ3) is 3.53. The van der Waals surface area contributed by atoms with E-state index in [0.29, 0.717) is 6.54 Å². The number of hydrogen-bond donors (Lipinski definition) is 1. The van der Waals surface area contributed by atoms with Gasteiger partial charge in [-0.1, -0.05) is 0 Å². The van der Waals surface area contributed by atoms with Crippen LogP contribution in [0.15, 0.2) is 29.6 Å². The van der Waals surface area contributed by atoms with E-state index >= 15 is 0 Å². The lowest BCUT2D eigenvalue weighted by Gasteiger charge is -2.24. The molecule has 22 heavy (non-hydrogen) atoms. The Kier molecular flexibility index (Phi) is 4.00. The molecule has 1 aromatic heterocycles. The van der Waals surface area contributed by atoms with Crippen molar-refractivity contribution in [3.63, 3.8) is 0 Å². The molecule has 0 spiro atoms. The maximum absolute atomic E-state index is 12.1. The largest absolute Gasteiger partial charge is 0.444 e. The van der Waals surface area contributed by atoms with E-state index in [1.54, 1.807) is 16.2 Å². The smallest absolute Gasteiger partial charge is 0.410 e. The second-order valence-corrected chi connectivity index (χ2v) is 7.68. The first-order valence-corrected chi connectivity index (χ1v) is 8.50. The van der Waals surface area contributed by atoms with Crippen LogP contribution in [0.3, 0.4) is 0 Å². The first kappa shape index (κ1) is 15.2. The summed E-state index contributed by atoms with van der Waals surface area (Å²) in [6, 6.07) is 8.83. The van der Waals surface area contributed by atoms with E-state index in [2.05, 4.69) is 35.0 Å². The summed E-state index contributed by atoms with van der Waals surface area (Å²) in [4.78, 5) is 13.9. The second-order valence-electron chi connectivity index (χ2n) is 6.73. The maximum atomic E-state index is 12.1. The summed E-state index contributed by atoms with van der Waals surface area (Å²) in [5.41, 5.74) is 0.675. The molecule has 5 heteroatoms. The number of amides is 1. The molecule has 2 heterocycles. The fraction of sp³-hybridized carbons (Fsp3) is 0.471. The van der Waals surface area contributed by atoms with Crippen molar-refractivity contribution in [3.05, 3.63) is 29.6 Å². The van der Waals surface area contributed by atoms with Crippen molar-refractivity contribution in [2.45, 2.75) is 38.8 Å². The standard InChI is InChI=1S/C17H22N2O2S/c1-17(2,3)21-16(20)19-8-6-14(11-19)18-13-4-5-15-12(10-13)7-9-22-15/h4-5,7,9-10,14,18H,6,8,11H2,1-3H3. The Morgan fingerprint density at radius 2 is 2.18 bits per heavy atom. The van der Waals surface area contributed by atoms with Gasteiger partial charge in [0.2, 0.25) is 0 Å². The van der Waals surface area contributed by atoms with Gasteiger partial charge >= 0.3 is 6.09 Å². The lowest BCUT2D eigenvalue weighted by Crippen LogP contribution is -2.36. The quantitative estimate of drug-likeness (QED) is 0.896. The van der Waals surface area contributed by atoms with E-state index in [1.807, 2.05) is 20.8 Å². The van der Waals surface area contributed by atoms with Gasteiger partial charge in [0.25, 0.3) is 0 Å². The van der Waals surface area contributed by atoms with Crippen LogP contribution in [-0.4, -0.2) is 35.7 Å². The monoisotopic (exact) mass is 318 g/mol. The van der Waals surface area contributed by atoms with Crippen molar-refractivity contribution in [3.8, 4) is 0 Å². The second kappa shape index (κ2) is 5.80. The molecule has 1 atom stereocenters. The summed E-state index contributed by atoms with van der Waals surface area (Å²) in [7, 11) is 0. The van der Waals surface area contributed by atoms with Gasteiger partial charge in [0.15, 0.2) is 0 Å². The molecule has 1 unspecified atom stereocenters. The van der Waals surface area contributed by atoms with Gasteiger partial charge < -0.3 is 15.0 Å². The molecule has 0 bridgehead atoms. The number of nitrogens with zero attached hydrogens (tertiary/aromatic N) is 1. The van der Waals surface area contributed by atoms with Gasteiger partial charge in [-0.05, 0) is 62.2 Å². The van der Waals surface area contributed by atoms with Crippen molar-refractivity contribution in [1.82, 2.24) is 4.90 Å². The lowest BCUT2D eigenvalue weighted by molar-refractivity contribution is 0.0293. The van der Waals surface area contributed by atoms with E-state index in [0.717, 1.165) is 18.7 Å². The minimum absolute atomic E-state index is 0.218. The predicted molar refractivity (Wildman–Crippen MR) is 91.7 cm³/mol. The third-order valence-electron chi connectivity index (χ3n) is 3.66. The van der Waals surface area contributed by atoms with Crippen LogP contribution in [0.5, 0.6) is 0 Å². The van der Waals surface area contributed by atoms with Gasteiger partial charge in [-0.2, -0.15) is 0 Å². The summed E-state index contributed by atoms with van der Waals surface area (Å²) in [6.45, 7) is 7.12. The molecular formula is C17H22N2O2S. The molecule has 1 N–H and O–H groups in total.